The lowest BCUT2D eigenvalue weighted by molar-refractivity contribution is 0.0333. The molecule has 0 spiro atoms. The van der Waals surface area contributed by atoms with Gasteiger partial charge in [-0.2, -0.15) is 0 Å². The molecule has 42 heavy (non-hydrogen) atoms. The van der Waals surface area contributed by atoms with E-state index in [-0.39, 0.29) is 0 Å². The molecule has 0 aliphatic carbocycles. The standard InChI is InChI=1S/C34H33NO5S2/c1-36-31-23-30(38-24-25-7-3-2-4-8-25)29(34-21-26-9-5-6-10-33(26)41-34)22-32(31)40-27-11-13-28(14-12-27)42-39-20-17-35-15-18-37-19-16-35/h2-14,21-23H,15-20,24H2,1H3. The van der Waals surface area contributed by atoms with Crippen molar-refractivity contribution in [2.45, 2.75) is 11.5 Å². The Labute approximate surface area is 254 Å². The highest BCUT2D eigenvalue weighted by Crippen LogP contribution is 2.45. The van der Waals surface area contributed by atoms with Crippen molar-refractivity contribution in [3.63, 3.8) is 0 Å². The molecule has 1 aromatic heterocycles. The van der Waals surface area contributed by atoms with Gasteiger partial charge < -0.3 is 23.1 Å². The number of thiophene rings is 1. The van der Waals surface area contributed by atoms with Crippen LogP contribution < -0.4 is 14.2 Å². The van der Waals surface area contributed by atoms with Gasteiger partial charge in [0, 0.05) is 57.8 Å². The molecule has 0 radical (unpaired) electrons. The highest BCUT2D eigenvalue weighted by Gasteiger charge is 2.18. The topological polar surface area (TPSA) is 49.4 Å². The normalized spacial score (nSPS) is 13.7. The largest absolute Gasteiger partial charge is 0.493 e. The second kappa shape index (κ2) is 14.1. The summed E-state index contributed by atoms with van der Waals surface area (Å²) in [7, 11) is 1.65. The summed E-state index contributed by atoms with van der Waals surface area (Å²) in [4.78, 5) is 4.49. The first-order valence-corrected chi connectivity index (χ1v) is 15.6. The summed E-state index contributed by atoms with van der Waals surface area (Å²) >= 11 is 3.12. The van der Waals surface area contributed by atoms with E-state index in [0.29, 0.717) is 30.5 Å². The summed E-state index contributed by atoms with van der Waals surface area (Å²) in [5.74, 6) is 2.69. The second-order valence-corrected chi connectivity index (χ2v) is 11.8. The van der Waals surface area contributed by atoms with E-state index in [1.165, 1.54) is 22.1 Å². The van der Waals surface area contributed by atoms with Gasteiger partial charge in [0.1, 0.15) is 18.1 Å². The first-order valence-electron chi connectivity index (χ1n) is 14.0. The molecule has 1 fully saturated rings. The Morgan fingerprint density at radius 3 is 2.40 bits per heavy atom. The van der Waals surface area contributed by atoms with Crippen LogP contribution in [0.15, 0.2) is 102 Å². The minimum absolute atomic E-state index is 0.454. The fourth-order valence-corrected chi connectivity index (χ4v) is 6.36. The van der Waals surface area contributed by atoms with E-state index in [4.69, 9.17) is 23.1 Å². The third-order valence-corrected chi connectivity index (χ3v) is 8.89. The molecule has 0 N–H and O–H groups in total. The van der Waals surface area contributed by atoms with E-state index < -0.39 is 0 Å². The van der Waals surface area contributed by atoms with Gasteiger partial charge in [0.2, 0.25) is 0 Å². The lowest BCUT2D eigenvalue weighted by Crippen LogP contribution is -2.38. The smallest absolute Gasteiger partial charge is 0.170 e. The molecule has 2 heterocycles. The molecule has 6 rings (SSSR count). The zero-order valence-corrected chi connectivity index (χ0v) is 25.1. The Morgan fingerprint density at radius 2 is 1.62 bits per heavy atom. The minimum Gasteiger partial charge on any atom is -0.493 e. The Bertz CT molecular complexity index is 1550. The molecule has 0 amide bonds. The number of rotatable bonds is 12. The van der Waals surface area contributed by atoms with Crippen LogP contribution in [0.2, 0.25) is 0 Å². The van der Waals surface area contributed by atoms with Crippen molar-refractivity contribution in [1.82, 2.24) is 4.90 Å². The number of hydrogen-bond acceptors (Lipinski definition) is 8. The van der Waals surface area contributed by atoms with Crippen LogP contribution in [0, 0.1) is 0 Å². The lowest BCUT2D eigenvalue weighted by atomic mass is 10.1. The van der Waals surface area contributed by atoms with Gasteiger partial charge in [-0.1, -0.05) is 48.5 Å². The number of nitrogens with zero attached hydrogens (tertiary/aromatic N) is 1. The molecule has 0 unspecified atom stereocenters. The Hall–Kier alpha value is -3.53. The summed E-state index contributed by atoms with van der Waals surface area (Å²) in [6, 6.07) is 32.6. The second-order valence-electron chi connectivity index (χ2n) is 9.85. The Kier molecular flexibility index (Phi) is 9.59. The van der Waals surface area contributed by atoms with Crippen LogP contribution in [0.1, 0.15) is 5.56 Å². The molecule has 4 aromatic carbocycles. The van der Waals surface area contributed by atoms with E-state index in [1.807, 2.05) is 54.6 Å². The summed E-state index contributed by atoms with van der Waals surface area (Å²) in [6.07, 6.45) is 0. The quantitative estimate of drug-likeness (QED) is 0.106. The maximum atomic E-state index is 6.37. The zero-order valence-electron chi connectivity index (χ0n) is 23.5. The van der Waals surface area contributed by atoms with Gasteiger partial charge in [-0.25, -0.2) is 0 Å². The van der Waals surface area contributed by atoms with Crippen molar-refractivity contribution >= 4 is 33.5 Å². The van der Waals surface area contributed by atoms with Crippen molar-refractivity contribution in [2.75, 3.05) is 46.6 Å². The average molecular weight is 600 g/mol. The molecule has 5 aromatic rings. The van der Waals surface area contributed by atoms with Crippen molar-refractivity contribution in [3.05, 3.63) is 103 Å². The summed E-state index contributed by atoms with van der Waals surface area (Å²) in [5.41, 5.74) is 2.06. The van der Waals surface area contributed by atoms with Crippen LogP contribution >= 0.6 is 23.4 Å². The minimum atomic E-state index is 0.454. The van der Waals surface area contributed by atoms with Gasteiger partial charge in [0.15, 0.2) is 11.5 Å². The predicted molar refractivity (Wildman–Crippen MR) is 170 cm³/mol. The number of benzene rings is 4. The number of hydrogen-bond donors (Lipinski definition) is 0. The third kappa shape index (κ3) is 7.27. The molecule has 0 atom stereocenters. The molecule has 1 aliphatic rings. The van der Waals surface area contributed by atoms with Gasteiger partial charge >= 0.3 is 0 Å². The van der Waals surface area contributed by atoms with Crippen molar-refractivity contribution in [2.24, 2.45) is 0 Å². The molecule has 1 saturated heterocycles. The van der Waals surface area contributed by atoms with Gasteiger partial charge in [-0.3, -0.25) is 4.90 Å². The van der Waals surface area contributed by atoms with Crippen LogP contribution in [0.4, 0.5) is 0 Å². The molecule has 1 aliphatic heterocycles. The van der Waals surface area contributed by atoms with E-state index >= 15 is 0 Å². The van der Waals surface area contributed by atoms with Crippen LogP contribution in [0.25, 0.3) is 20.5 Å². The monoisotopic (exact) mass is 599 g/mol. The maximum absolute atomic E-state index is 6.37. The number of ether oxygens (including phenoxy) is 4. The van der Waals surface area contributed by atoms with E-state index in [2.05, 4.69) is 47.4 Å². The van der Waals surface area contributed by atoms with Gasteiger partial charge in [0.25, 0.3) is 0 Å². The van der Waals surface area contributed by atoms with Crippen molar-refractivity contribution in [3.8, 4) is 33.4 Å². The number of fused-ring (bicyclic) bond motifs is 1. The fourth-order valence-electron chi connectivity index (χ4n) is 4.73. The van der Waals surface area contributed by atoms with Crippen LogP contribution in [-0.2, 0) is 15.5 Å². The average Bonchev–Trinajstić information content (AvgIpc) is 3.48. The highest BCUT2D eigenvalue weighted by atomic mass is 32.2. The first-order chi connectivity index (χ1) is 20.7. The summed E-state index contributed by atoms with van der Waals surface area (Å²) in [5, 5.41) is 1.20. The Morgan fingerprint density at radius 1 is 0.833 bits per heavy atom. The fraction of sp³-hybridized carbons (Fsp3) is 0.235. The van der Waals surface area contributed by atoms with Crippen molar-refractivity contribution in [1.29, 1.82) is 0 Å². The summed E-state index contributed by atoms with van der Waals surface area (Å²) in [6.45, 7) is 5.56. The maximum Gasteiger partial charge on any atom is 0.170 e. The molecule has 6 nitrogen and oxygen atoms in total. The molecule has 216 valence electrons. The first kappa shape index (κ1) is 28.6. The molecule has 8 heteroatoms. The highest BCUT2D eigenvalue weighted by molar-refractivity contribution is 7.94. The molecular formula is C34H33NO5S2. The SMILES string of the molecule is COc1cc(OCc2ccccc2)c(-c2cc3ccccc3s2)cc1Oc1ccc(SOCCN2CCOCC2)cc1. The van der Waals surface area contributed by atoms with Crippen LogP contribution in [-0.4, -0.2) is 51.5 Å². The number of methoxy groups -OCH3 is 1. The zero-order chi connectivity index (χ0) is 28.6. The van der Waals surface area contributed by atoms with Gasteiger partial charge in [-0.15, -0.1) is 11.3 Å². The number of morpholine rings is 1. The predicted octanol–water partition coefficient (Wildman–Crippen LogP) is 8.30. The van der Waals surface area contributed by atoms with Gasteiger partial charge in [-0.05, 0) is 53.4 Å². The summed E-state index contributed by atoms with van der Waals surface area (Å²) < 4.78 is 31.0. The third-order valence-electron chi connectivity index (χ3n) is 7.00. The Balaban J connectivity index is 1.19. The van der Waals surface area contributed by atoms with E-state index in [0.717, 1.165) is 59.5 Å². The molecule has 0 saturated carbocycles. The molecule has 0 bridgehead atoms. The van der Waals surface area contributed by atoms with E-state index in [9.17, 15) is 0 Å². The van der Waals surface area contributed by atoms with Crippen LogP contribution in [0.5, 0.6) is 23.0 Å². The molecular weight excluding hydrogens is 567 g/mol. The van der Waals surface area contributed by atoms with E-state index in [1.54, 1.807) is 18.4 Å². The lowest BCUT2D eigenvalue weighted by Gasteiger charge is -2.26. The van der Waals surface area contributed by atoms with Crippen LogP contribution in [0.3, 0.4) is 0 Å². The van der Waals surface area contributed by atoms with Gasteiger partial charge in [0.05, 0.1) is 26.9 Å². The van der Waals surface area contributed by atoms with Crippen molar-refractivity contribution < 1.29 is 23.1 Å².